The summed E-state index contributed by atoms with van der Waals surface area (Å²) < 4.78 is 4.60. The van der Waals surface area contributed by atoms with Crippen LogP contribution in [-0.2, 0) is 11.2 Å². The predicted octanol–water partition coefficient (Wildman–Crippen LogP) is 7.30. The van der Waals surface area contributed by atoms with E-state index in [9.17, 15) is 4.79 Å². The van der Waals surface area contributed by atoms with Crippen LogP contribution in [0.1, 0.15) is 47.2 Å². The van der Waals surface area contributed by atoms with E-state index in [0.29, 0.717) is 26.2 Å². The highest BCUT2D eigenvalue weighted by Gasteiger charge is 2.22. The molecule has 3 nitrogen and oxygen atoms in total. The lowest BCUT2D eigenvalue weighted by Gasteiger charge is -2.12. The van der Waals surface area contributed by atoms with Crippen molar-refractivity contribution in [1.29, 1.82) is 0 Å². The highest BCUT2D eigenvalue weighted by molar-refractivity contribution is 7.13. The maximum absolute atomic E-state index is 11.0. The normalized spacial score (nSPS) is 18.3. The van der Waals surface area contributed by atoms with Crippen LogP contribution in [0.5, 0.6) is 0 Å². The molecular formula is C21H26Cl3NO2S. The van der Waals surface area contributed by atoms with Crippen molar-refractivity contribution in [2.24, 2.45) is 5.92 Å². The average Bonchev–Trinajstić information content (AvgIpc) is 3.28. The fourth-order valence-electron chi connectivity index (χ4n) is 3.09. The number of thiophene rings is 1. The minimum atomic E-state index is -0.234. The summed E-state index contributed by atoms with van der Waals surface area (Å²) in [5, 5.41) is 5.04. The molecule has 1 aromatic carbocycles. The average molecular weight is 463 g/mol. The fraction of sp³-hybridized carbons (Fsp3) is 0.476. The van der Waals surface area contributed by atoms with Gasteiger partial charge in [-0.3, -0.25) is 0 Å². The SMILES string of the molecule is CCCc1ccc(C(=O)OC)s1.Clc1cc(Cl)cc(NCC2CCC(Cl)C2)c1. The zero-order chi connectivity index (χ0) is 20.5. The summed E-state index contributed by atoms with van der Waals surface area (Å²) in [7, 11) is 1.40. The van der Waals surface area contributed by atoms with Crippen LogP contribution in [0.4, 0.5) is 5.69 Å². The number of carbonyl (C=O) groups excluding carboxylic acids is 1. The van der Waals surface area contributed by atoms with Crippen LogP contribution in [0.15, 0.2) is 30.3 Å². The van der Waals surface area contributed by atoms with Crippen LogP contribution in [0.2, 0.25) is 10.0 Å². The number of halogens is 3. The molecule has 2 unspecified atom stereocenters. The van der Waals surface area contributed by atoms with E-state index in [1.165, 1.54) is 29.7 Å². The molecule has 154 valence electrons. The highest BCUT2D eigenvalue weighted by atomic mass is 35.5. The molecule has 7 heteroatoms. The molecule has 0 aliphatic heterocycles. The van der Waals surface area contributed by atoms with Gasteiger partial charge in [-0.25, -0.2) is 4.79 Å². The Hall–Kier alpha value is -0.940. The number of methoxy groups -OCH3 is 1. The molecule has 1 heterocycles. The van der Waals surface area contributed by atoms with Gasteiger partial charge in [-0.1, -0.05) is 36.5 Å². The number of rotatable bonds is 6. The Bertz CT molecular complexity index is 746. The first kappa shape index (κ1) is 23.3. The largest absolute Gasteiger partial charge is 0.465 e. The summed E-state index contributed by atoms with van der Waals surface area (Å²) in [6.45, 7) is 3.07. The zero-order valence-electron chi connectivity index (χ0n) is 16.1. The van der Waals surface area contributed by atoms with Crippen molar-refractivity contribution in [2.75, 3.05) is 19.0 Å². The van der Waals surface area contributed by atoms with Crippen molar-refractivity contribution in [3.63, 3.8) is 0 Å². The van der Waals surface area contributed by atoms with Crippen molar-refractivity contribution in [2.45, 2.75) is 44.4 Å². The second kappa shape index (κ2) is 11.9. The molecule has 1 aromatic heterocycles. The van der Waals surface area contributed by atoms with Gasteiger partial charge in [0, 0.05) is 32.5 Å². The smallest absolute Gasteiger partial charge is 0.348 e. The van der Waals surface area contributed by atoms with E-state index in [2.05, 4.69) is 17.0 Å². The Kier molecular flexibility index (Phi) is 9.93. The molecule has 1 fully saturated rings. The molecule has 0 radical (unpaired) electrons. The molecule has 2 atom stereocenters. The minimum absolute atomic E-state index is 0.234. The first-order valence-corrected chi connectivity index (χ1v) is 11.4. The van der Waals surface area contributed by atoms with E-state index in [4.69, 9.17) is 34.8 Å². The predicted molar refractivity (Wildman–Crippen MR) is 122 cm³/mol. The Balaban J connectivity index is 0.000000209. The molecule has 28 heavy (non-hydrogen) atoms. The number of alkyl halides is 1. The topological polar surface area (TPSA) is 38.3 Å². The lowest BCUT2D eigenvalue weighted by Crippen LogP contribution is -2.11. The number of anilines is 1. The maximum atomic E-state index is 11.0. The Labute approximate surface area is 186 Å². The summed E-state index contributed by atoms with van der Waals surface area (Å²) in [4.78, 5) is 13.0. The number of aryl methyl sites for hydroxylation is 1. The van der Waals surface area contributed by atoms with Gasteiger partial charge in [0.25, 0.3) is 0 Å². The van der Waals surface area contributed by atoms with Gasteiger partial charge >= 0.3 is 5.97 Å². The van der Waals surface area contributed by atoms with Crippen molar-refractivity contribution in [3.8, 4) is 0 Å². The van der Waals surface area contributed by atoms with Crippen LogP contribution < -0.4 is 5.32 Å². The number of esters is 1. The third-order valence-electron chi connectivity index (χ3n) is 4.48. The standard InChI is InChI=1S/C12H14Cl3N.C9H12O2S/c13-9-2-1-8(3-9)7-16-12-5-10(14)4-11(15)6-12;1-3-4-7-5-6-8(12-7)9(10)11-2/h4-6,8-9,16H,1-3,7H2;5-6H,3-4H2,1-2H3. The lowest BCUT2D eigenvalue weighted by molar-refractivity contribution is 0.0606. The van der Waals surface area contributed by atoms with Gasteiger partial charge in [-0.05, 0) is 61.9 Å². The molecule has 1 N–H and O–H groups in total. The van der Waals surface area contributed by atoms with E-state index in [0.717, 1.165) is 37.9 Å². The Morgan fingerprint density at radius 3 is 2.50 bits per heavy atom. The lowest BCUT2D eigenvalue weighted by atomic mass is 10.1. The van der Waals surface area contributed by atoms with Crippen LogP contribution >= 0.6 is 46.1 Å². The van der Waals surface area contributed by atoms with Crippen molar-refractivity contribution < 1.29 is 9.53 Å². The molecule has 1 saturated carbocycles. The summed E-state index contributed by atoms with van der Waals surface area (Å²) in [6.07, 6.45) is 5.59. The third kappa shape index (κ3) is 7.82. The molecule has 0 bridgehead atoms. The van der Waals surface area contributed by atoms with E-state index in [1.807, 2.05) is 24.3 Å². The van der Waals surface area contributed by atoms with Crippen LogP contribution in [0.3, 0.4) is 0 Å². The van der Waals surface area contributed by atoms with Gasteiger partial charge in [-0.2, -0.15) is 0 Å². The van der Waals surface area contributed by atoms with E-state index in [1.54, 1.807) is 6.07 Å². The van der Waals surface area contributed by atoms with Crippen LogP contribution in [0, 0.1) is 5.92 Å². The van der Waals surface area contributed by atoms with Gasteiger partial charge in [0.2, 0.25) is 0 Å². The molecule has 0 saturated heterocycles. The third-order valence-corrected chi connectivity index (χ3v) is 6.44. The summed E-state index contributed by atoms with van der Waals surface area (Å²) in [5.74, 6) is 0.433. The molecule has 3 rings (SSSR count). The highest BCUT2D eigenvalue weighted by Crippen LogP contribution is 2.30. The number of benzene rings is 1. The second-order valence-corrected chi connectivity index (χ2v) is 9.48. The second-order valence-electron chi connectivity index (χ2n) is 6.82. The van der Waals surface area contributed by atoms with Gasteiger partial charge in [0.15, 0.2) is 0 Å². The number of hydrogen-bond acceptors (Lipinski definition) is 4. The number of hydrogen-bond donors (Lipinski definition) is 1. The zero-order valence-corrected chi connectivity index (χ0v) is 19.2. The first-order valence-electron chi connectivity index (χ1n) is 9.42. The van der Waals surface area contributed by atoms with Crippen molar-refractivity contribution >= 4 is 57.8 Å². The Morgan fingerprint density at radius 2 is 1.93 bits per heavy atom. The van der Waals surface area contributed by atoms with E-state index >= 15 is 0 Å². The van der Waals surface area contributed by atoms with E-state index < -0.39 is 0 Å². The molecule has 1 aliphatic rings. The number of nitrogens with one attached hydrogen (secondary N) is 1. The maximum Gasteiger partial charge on any atom is 0.348 e. The fourth-order valence-corrected chi connectivity index (χ4v) is 5.02. The minimum Gasteiger partial charge on any atom is -0.465 e. The molecule has 0 spiro atoms. The monoisotopic (exact) mass is 461 g/mol. The van der Waals surface area contributed by atoms with Gasteiger partial charge in [-0.15, -0.1) is 22.9 Å². The summed E-state index contributed by atoms with van der Waals surface area (Å²) >= 11 is 19.4. The molecule has 2 aromatic rings. The Morgan fingerprint density at radius 1 is 1.21 bits per heavy atom. The summed E-state index contributed by atoms with van der Waals surface area (Å²) in [6, 6.07) is 9.32. The summed E-state index contributed by atoms with van der Waals surface area (Å²) in [5.41, 5.74) is 0.982. The quantitative estimate of drug-likeness (QED) is 0.361. The van der Waals surface area contributed by atoms with Gasteiger partial charge in [0.1, 0.15) is 4.88 Å². The molecular weight excluding hydrogens is 437 g/mol. The number of ether oxygens (including phenoxy) is 1. The van der Waals surface area contributed by atoms with E-state index in [-0.39, 0.29) is 5.97 Å². The molecule has 1 aliphatic carbocycles. The van der Waals surface area contributed by atoms with Gasteiger partial charge < -0.3 is 10.1 Å². The van der Waals surface area contributed by atoms with Crippen molar-refractivity contribution in [3.05, 3.63) is 50.1 Å². The first-order chi connectivity index (χ1) is 13.4. The number of carbonyl (C=O) groups is 1. The van der Waals surface area contributed by atoms with Crippen molar-refractivity contribution in [1.82, 2.24) is 0 Å². The molecule has 0 amide bonds. The van der Waals surface area contributed by atoms with Gasteiger partial charge in [0.05, 0.1) is 7.11 Å². The van der Waals surface area contributed by atoms with Crippen LogP contribution in [0.25, 0.3) is 0 Å². The van der Waals surface area contributed by atoms with Crippen LogP contribution in [-0.4, -0.2) is 25.0 Å².